The Kier molecular flexibility index (Phi) is 6.95. The molecule has 6 heteroatoms. The lowest BCUT2D eigenvalue weighted by Crippen LogP contribution is -2.21. The summed E-state index contributed by atoms with van der Waals surface area (Å²) in [4.78, 5) is 33.4. The Bertz CT molecular complexity index is 1230. The van der Waals surface area contributed by atoms with Crippen molar-refractivity contribution in [3.8, 4) is 11.3 Å². The highest BCUT2D eigenvalue weighted by Gasteiger charge is 2.22. The molecule has 0 aliphatic carbocycles. The van der Waals surface area contributed by atoms with Crippen molar-refractivity contribution in [2.75, 3.05) is 23.3 Å². The van der Waals surface area contributed by atoms with Crippen LogP contribution in [0.5, 0.6) is 0 Å². The molecule has 4 rings (SSSR count). The number of carbonyl (C=O) groups is 2. The first-order valence-electron chi connectivity index (χ1n) is 10.9. The molecule has 0 aliphatic rings. The van der Waals surface area contributed by atoms with Crippen LogP contribution in [0.4, 0.5) is 10.8 Å². The van der Waals surface area contributed by atoms with Crippen LogP contribution in [0.15, 0.2) is 84.9 Å². The van der Waals surface area contributed by atoms with Gasteiger partial charge in [-0.3, -0.25) is 14.9 Å². The molecule has 0 spiro atoms. The van der Waals surface area contributed by atoms with Crippen LogP contribution in [0.2, 0.25) is 0 Å². The molecule has 0 radical (unpaired) electrons. The molecule has 33 heavy (non-hydrogen) atoms. The molecular weight excluding hydrogens is 430 g/mol. The van der Waals surface area contributed by atoms with E-state index in [9.17, 15) is 9.59 Å². The van der Waals surface area contributed by atoms with E-state index < -0.39 is 0 Å². The zero-order valence-corrected chi connectivity index (χ0v) is 19.4. The summed E-state index contributed by atoms with van der Waals surface area (Å²) in [5.41, 5.74) is 3.60. The van der Waals surface area contributed by atoms with Gasteiger partial charge in [0.1, 0.15) is 4.88 Å². The number of benzene rings is 3. The minimum Gasteiger partial charge on any atom is -0.372 e. The Morgan fingerprint density at radius 1 is 0.818 bits per heavy atom. The van der Waals surface area contributed by atoms with Gasteiger partial charge in [0.25, 0.3) is 5.91 Å². The summed E-state index contributed by atoms with van der Waals surface area (Å²) in [5.74, 6) is -0.371. The number of nitrogens with one attached hydrogen (secondary N) is 1. The van der Waals surface area contributed by atoms with Gasteiger partial charge in [-0.25, -0.2) is 4.98 Å². The Labute approximate surface area is 197 Å². The molecule has 0 bridgehead atoms. The molecule has 3 aromatic carbocycles. The Morgan fingerprint density at radius 3 is 2.03 bits per heavy atom. The molecule has 0 saturated carbocycles. The van der Waals surface area contributed by atoms with E-state index in [0.29, 0.717) is 26.8 Å². The first-order valence-corrected chi connectivity index (χ1v) is 11.7. The van der Waals surface area contributed by atoms with E-state index in [-0.39, 0.29) is 11.7 Å². The van der Waals surface area contributed by atoms with Crippen LogP contribution >= 0.6 is 11.3 Å². The minimum atomic E-state index is -0.256. The van der Waals surface area contributed by atoms with Crippen LogP contribution < -0.4 is 10.2 Å². The molecule has 0 aliphatic heterocycles. The van der Waals surface area contributed by atoms with E-state index in [4.69, 9.17) is 0 Å². The van der Waals surface area contributed by atoms with E-state index in [1.807, 2.05) is 72.8 Å². The van der Waals surface area contributed by atoms with E-state index in [1.54, 1.807) is 12.1 Å². The number of anilines is 2. The normalized spacial score (nSPS) is 10.6. The van der Waals surface area contributed by atoms with E-state index in [1.165, 1.54) is 11.3 Å². The Balaban J connectivity index is 1.62. The van der Waals surface area contributed by atoms with Gasteiger partial charge in [0.05, 0.1) is 5.69 Å². The molecule has 0 unspecified atom stereocenters. The van der Waals surface area contributed by atoms with Crippen LogP contribution in [-0.2, 0) is 0 Å². The Morgan fingerprint density at radius 2 is 1.42 bits per heavy atom. The van der Waals surface area contributed by atoms with Gasteiger partial charge in [-0.2, -0.15) is 0 Å². The van der Waals surface area contributed by atoms with Gasteiger partial charge in [-0.15, -0.1) is 0 Å². The highest BCUT2D eigenvalue weighted by Crippen LogP contribution is 2.33. The first kappa shape index (κ1) is 22.4. The topological polar surface area (TPSA) is 62.3 Å². The van der Waals surface area contributed by atoms with Crippen LogP contribution in [0.25, 0.3) is 11.3 Å². The number of ketones is 1. The smallest absolute Gasteiger partial charge is 0.257 e. The van der Waals surface area contributed by atoms with Crippen LogP contribution in [-0.4, -0.2) is 29.8 Å². The molecule has 0 atom stereocenters. The highest BCUT2D eigenvalue weighted by atomic mass is 32.1. The van der Waals surface area contributed by atoms with Crippen molar-refractivity contribution in [2.45, 2.75) is 13.8 Å². The number of hydrogen-bond donors (Lipinski definition) is 1. The van der Waals surface area contributed by atoms with E-state index in [2.05, 4.69) is 29.0 Å². The molecular formula is C27H25N3O2S. The highest BCUT2D eigenvalue weighted by molar-refractivity contribution is 7.18. The van der Waals surface area contributed by atoms with E-state index >= 15 is 0 Å². The molecule has 4 aromatic rings. The number of thiazole rings is 1. The SMILES string of the molecule is CCN(CC)c1ccc(C(=O)Nc2nc(-c3ccccc3)c(C(=O)c3ccccc3)s2)cc1. The number of hydrogen-bond acceptors (Lipinski definition) is 5. The molecule has 166 valence electrons. The summed E-state index contributed by atoms with van der Waals surface area (Å²) in [7, 11) is 0. The van der Waals surface area contributed by atoms with Gasteiger partial charge in [0.15, 0.2) is 5.13 Å². The monoisotopic (exact) mass is 455 g/mol. The summed E-state index contributed by atoms with van der Waals surface area (Å²) in [5, 5.41) is 3.27. The van der Waals surface area contributed by atoms with Gasteiger partial charge in [-0.05, 0) is 38.1 Å². The fourth-order valence-electron chi connectivity index (χ4n) is 3.62. The maximum Gasteiger partial charge on any atom is 0.257 e. The van der Waals surface area contributed by atoms with E-state index in [0.717, 1.165) is 24.3 Å². The molecule has 1 aromatic heterocycles. The van der Waals surface area contributed by atoms with Gasteiger partial charge in [0, 0.05) is 35.5 Å². The predicted molar refractivity (Wildman–Crippen MR) is 135 cm³/mol. The largest absolute Gasteiger partial charge is 0.372 e. The summed E-state index contributed by atoms with van der Waals surface area (Å²) in [6.45, 7) is 6.01. The molecule has 5 nitrogen and oxygen atoms in total. The number of aromatic nitrogens is 1. The van der Waals surface area contributed by atoms with Crippen molar-refractivity contribution in [1.82, 2.24) is 4.98 Å². The average Bonchev–Trinajstić information content (AvgIpc) is 3.29. The second-order valence-corrected chi connectivity index (χ2v) is 8.43. The lowest BCUT2D eigenvalue weighted by molar-refractivity contribution is 0.102. The summed E-state index contributed by atoms with van der Waals surface area (Å²) in [6.07, 6.45) is 0. The maximum atomic E-state index is 13.2. The standard InChI is InChI=1S/C27H25N3O2S/c1-3-30(4-2)22-17-15-21(16-18-22)26(32)29-27-28-23(19-11-7-5-8-12-19)25(33-27)24(31)20-13-9-6-10-14-20/h5-18H,3-4H2,1-2H3,(H,28,29,32). The number of nitrogens with zero attached hydrogens (tertiary/aromatic N) is 2. The quantitative estimate of drug-likeness (QED) is 0.324. The van der Waals surface area contributed by atoms with Crippen molar-refractivity contribution in [2.24, 2.45) is 0 Å². The van der Waals surface area contributed by atoms with Gasteiger partial charge in [-0.1, -0.05) is 72.0 Å². The van der Waals surface area contributed by atoms with Crippen molar-refractivity contribution < 1.29 is 9.59 Å². The maximum absolute atomic E-state index is 13.2. The number of amides is 1. The summed E-state index contributed by atoms with van der Waals surface area (Å²) in [6, 6.07) is 26.2. The summed E-state index contributed by atoms with van der Waals surface area (Å²) < 4.78 is 0. The fraction of sp³-hybridized carbons (Fsp3) is 0.148. The molecule has 0 fully saturated rings. The predicted octanol–water partition coefficient (Wildman–Crippen LogP) is 6.14. The number of rotatable bonds is 8. The van der Waals surface area contributed by atoms with Gasteiger partial charge >= 0.3 is 0 Å². The van der Waals surface area contributed by atoms with Crippen LogP contribution in [0.3, 0.4) is 0 Å². The van der Waals surface area contributed by atoms with Gasteiger partial charge in [0.2, 0.25) is 5.78 Å². The van der Waals surface area contributed by atoms with Crippen molar-refractivity contribution >= 4 is 33.8 Å². The lowest BCUT2D eigenvalue weighted by atomic mass is 10.1. The zero-order valence-electron chi connectivity index (χ0n) is 18.6. The van der Waals surface area contributed by atoms with Crippen LogP contribution in [0.1, 0.15) is 39.4 Å². The lowest BCUT2D eigenvalue weighted by Gasteiger charge is -2.20. The second-order valence-electron chi connectivity index (χ2n) is 7.43. The number of carbonyl (C=O) groups excluding carboxylic acids is 2. The molecule has 1 N–H and O–H groups in total. The summed E-state index contributed by atoms with van der Waals surface area (Å²) >= 11 is 1.19. The first-order chi connectivity index (χ1) is 16.1. The third-order valence-electron chi connectivity index (χ3n) is 5.40. The Hall–Kier alpha value is -3.77. The average molecular weight is 456 g/mol. The van der Waals surface area contributed by atoms with Gasteiger partial charge < -0.3 is 4.90 Å². The van der Waals surface area contributed by atoms with Crippen LogP contribution in [0, 0.1) is 0 Å². The third kappa shape index (κ3) is 5.02. The van der Waals surface area contributed by atoms with Crippen molar-refractivity contribution in [1.29, 1.82) is 0 Å². The van der Waals surface area contributed by atoms with Crippen molar-refractivity contribution in [3.05, 3.63) is 101 Å². The molecule has 0 saturated heterocycles. The van der Waals surface area contributed by atoms with Crippen molar-refractivity contribution in [3.63, 3.8) is 0 Å². The zero-order chi connectivity index (χ0) is 23.2. The molecule has 1 amide bonds. The third-order valence-corrected chi connectivity index (χ3v) is 6.36. The second kappa shape index (κ2) is 10.2. The fourth-order valence-corrected chi connectivity index (χ4v) is 4.57. The molecule has 1 heterocycles. The minimum absolute atomic E-state index is 0.115.